The summed E-state index contributed by atoms with van der Waals surface area (Å²) in [4.78, 5) is 5.25. The van der Waals surface area contributed by atoms with Crippen molar-refractivity contribution in [3.63, 3.8) is 0 Å². The number of nitrogens with zero attached hydrogens (tertiary/aromatic N) is 1. The molecule has 0 spiro atoms. The first-order valence-electron chi connectivity index (χ1n) is 15.1. The van der Waals surface area contributed by atoms with E-state index in [0.29, 0.717) is 0 Å². The maximum Gasteiger partial charge on any atom is 0.0715 e. The van der Waals surface area contributed by atoms with Gasteiger partial charge in [0.2, 0.25) is 0 Å². The van der Waals surface area contributed by atoms with Gasteiger partial charge in [-0.1, -0.05) is 158 Å². The molecule has 0 saturated carbocycles. The van der Waals surface area contributed by atoms with Crippen LogP contribution in [0, 0.1) is 0 Å². The van der Waals surface area contributed by atoms with Crippen molar-refractivity contribution in [2.75, 3.05) is 0 Å². The lowest BCUT2D eigenvalue weighted by Gasteiger charge is -2.19. The van der Waals surface area contributed by atoms with E-state index in [-0.39, 0.29) is 0 Å². The van der Waals surface area contributed by atoms with Gasteiger partial charge in [0.1, 0.15) is 0 Å². The van der Waals surface area contributed by atoms with Gasteiger partial charge in [-0.15, -0.1) is 0 Å². The quantitative estimate of drug-likeness (QED) is 0.191. The van der Waals surface area contributed by atoms with E-state index < -0.39 is 0 Å². The molecule has 8 aromatic rings. The number of rotatable bonds is 5. The second-order valence-electron chi connectivity index (χ2n) is 11.1. The number of benzene rings is 7. The zero-order valence-corrected chi connectivity index (χ0v) is 24.2. The van der Waals surface area contributed by atoms with Gasteiger partial charge in [0.05, 0.1) is 11.4 Å². The molecule has 1 heterocycles. The number of hydrogen-bond acceptors (Lipinski definition) is 1. The molecule has 0 bridgehead atoms. The average molecular weight is 560 g/mol. The van der Waals surface area contributed by atoms with Crippen LogP contribution in [0.5, 0.6) is 0 Å². The summed E-state index contributed by atoms with van der Waals surface area (Å²) in [6.07, 6.45) is 0. The second kappa shape index (κ2) is 11.1. The first-order valence-corrected chi connectivity index (χ1v) is 15.1. The second-order valence-corrected chi connectivity index (χ2v) is 11.1. The van der Waals surface area contributed by atoms with E-state index in [0.717, 1.165) is 28.1 Å². The van der Waals surface area contributed by atoms with Gasteiger partial charge < -0.3 is 0 Å². The van der Waals surface area contributed by atoms with Crippen molar-refractivity contribution < 1.29 is 0 Å². The Hall–Kier alpha value is -5.79. The molecule has 1 nitrogen and oxygen atoms in total. The topological polar surface area (TPSA) is 12.9 Å². The Kier molecular flexibility index (Phi) is 6.55. The molecule has 0 fully saturated rings. The number of fused-ring (bicyclic) bond motifs is 2. The average Bonchev–Trinajstić information content (AvgIpc) is 3.11. The summed E-state index contributed by atoms with van der Waals surface area (Å²) in [6.45, 7) is 0. The summed E-state index contributed by atoms with van der Waals surface area (Å²) in [5.74, 6) is 0. The maximum absolute atomic E-state index is 5.25. The highest BCUT2D eigenvalue weighted by atomic mass is 14.7. The SMILES string of the molecule is c1ccc(-c2cc(-c3ccccc3)nc(-c3ccc4c(-c5ccccc5)c5ccccc5c(-c5ccccc5)c4c3)c2)cc1. The Balaban J connectivity index is 1.44. The fraction of sp³-hybridized carbons (Fsp3) is 0. The van der Waals surface area contributed by atoms with E-state index in [2.05, 4.69) is 176 Å². The minimum atomic E-state index is 0.959. The molecule has 0 radical (unpaired) electrons. The van der Waals surface area contributed by atoms with Crippen molar-refractivity contribution in [3.05, 3.63) is 176 Å². The molecule has 0 unspecified atom stereocenters. The predicted octanol–water partition coefficient (Wildman–Crippen LogP) is 11.7. The highest BCUT2D eigenvalue weighted by molar-refractivity contribution is 6.21. The molecular formula is C43H29N. The predicted molar refractivity (Wildman–Crippen MR) is 186 cm³/mol. The monoisotopic (exact) mass is 559 g/mol. The highest BCUT2D eigenvalue weighted by Gasteiger charge is 2.18. The van der Waals surface area contributed by atoms with E-state index >= 15 is 0 Å². The van der Waals surface area contributed by atoms with Crippen LogP contribution in [0.25, 0.3) is 77.4 Å². The van der Waals surface area contributed by atoms with Gasteiger partial charge in [-0.2, -0.15) is 0 Å². The molecule has 0 aliphatic carbocycles. The Morgan fingerprint density at radius 1 is 0.250 bits per heavy atom. The fourth-order valence-electron chi connectivity index (χ4n) is 6.40. The van der Waals surface area contributed by atoms with Crippen LogP contribution in [0.4, 0.5) is 0 Å². The summed E-state index contributed by atoms with van der Waals surface area (Å²) in [6, 6.07) is 62.7. The highest BCUT2D eigenvalue weighted by Crippen LogP contribution is 2.45. The van der Waals surface area contributed by atoms with Gasteiger partial charge in [-0.05, 0) is 73.1 Å². The zero-order chi connectivity index (χ0) is 29.3. The van der Waals surface area contributed by atoms with Gasteiger partial charge in [-0.3, -0.25) is 0 Å². The number of pyridine rings is 1. The third kappa shape index (κ3) is 4.65. The fourth-order valence-corrected chi connectivity index (χ4v) is 6.40. The molecule has 0 aliphatic heterocycles. The summed E-state index contributed by atoms with van der Waals surface area (Å²) in [5.41, 5.74) is 11.4. The molecule has 8 rings (SSSR count). The van der Waals surface area contributed by atoms with Crippen molar-refractivity contribution in [1.82, 2.24) is 4.98 Å². The summed E-state index contributed by atoms with van der Waals surface area (Å²) in [5, 5.41) is 4.96. The molecule has 7 aromatic carbocycles. The maximum atomic E-state index is 5.25. The van der Waals surface area contributed by atoms with Gasteiger partial charge in [0.15, 0.2) is 0 Å². The molecule has 1 heteroatoms. The molecule has 0 amide bonds. The Bertz CT molecular complexity index is 2180. The third-order valence-corrected chi connectivity index (χ3v) is 8.45. The van der Waals surface area contributed by atoms with Crippen LogP contribution in [0.3, 0.4) is 0 Å². The zero-order valence-electron chi connectivity index (χ0n) is 24.2. The lowest BCUT2D eigenvalue weighted by Crippen LogP contribution is -1.94. The first kappa shape index (κ1) is 25.9. The molecule has 0 atom stereocenters. The largest absolute Gasteiger partial charge is 0.248 e. The van der Waals surface area contributed by atoms with Gasteiger partial charge in [-0.25, -0.2) is 4.98 Å². The molecule has 1 aromatic heterocycles. The van der Waals surface area contributed by atoms with Crippen LogP contribution >= 0.6 is 0 Å². The van der Waals surface area contributed by atoms with Crippen molar-refractivity contribution in [2.24, 2.45) is 0 Å². The van der Waals surface area contributed by atoms with Crippen LogP contribution in [-0.2, 0) is 0 Å². The summed E-state index contributed by atoms with van der Waals surface area (Å²) >= 11 is 0. The molecule has 206 valence electrons. The van der Waals surface area contributed by atoms with Crippen LogP contribution in [0.15, 0.2) is 176 Å². The van der Waals surface area contributed by atoms with E-state index in [4.69, 9.17) is 4.98 Å². The van der Waals surface area contributed by atoms with Crippen LogP contribution in [0.2, 0.25) is 0 Å². The molecule has 44 heavy (non-hydrogen) atoms. The smallest absolute Gasteiger partial charge is 0.0715 e. The molecule has 0 aliphatic rings. The van der Waals surface area contributed by atoms with Crippen molar-refractivity contribution in [2.45, 2.75) is 0 Å². The van der Waals surface area contributed by atoms with E-state index in [1.54, 1.807) is 0 Å². The van der Waals surface area contributed by atoms with E-state index in [1.807, 2.05) is 0 Å². The standard InChI is InChI=1S/C43H29N/c1-5-15-30(16-6-1)35-28-40(31-17-7-2-8-18-31)44-41(29-35)34-25-26-38-39(27-34)43(33-21-11-4-12-22-33)37-24-14-13-23-36(37)42(38)32-19-9-3-10-20-32/h1-29H. The lowest BCUT2D eigenvalue weighted by atomic mass is 9.85. The van der Waals surface area contributed by atoms with Crippen molar-refractivity contribution in [3.8, 4) is 55.9 Å². The minimum Gasteiger partial charge on any atom is -0.248 e. The first-order chi connectivity index (χ1) is 21.8. The van der Waals surface area contributed by atoms with Crippen LogP contribution in [-0.4, -0.2) is 4.98 Å². The van der Waals surface area contributed by atoms with E-state index in [1.165, 1.54) is 49.4 Å². The van der Waals surface area contributed by atoms with Crippen LogP contribution in [0.1, 0.15) is 0 Å². The summed E-state index contributed by atoms with van der Waals surface area (Å²) < 4.78 is 0. The minimum absolute atomic E-state index is 0.959. The number of aromatic nitrogens is 1. The Morgan fingerprint density at radius 2 is 0.659 bits per heavy atom. The van der Waals surface area contributed by atoms with Gasteiger partial charge in [0, 0.05) is 11.1 Å². The van der Waals surface area contributed by atoms with Crippen molar-refractivity contribution >= 4 is 21.5 Å². The molecule has 0 N–H and O–H groups in total. The number of hydrogen-bond donors (Lipinski definition) is 0. The van der Waals surface area contributed by atoms with E-state index in [9.17, 15) is 0 Å². The Labute approximate surface area is 257 Å². The van der Waals surface area contributed by atoms with Crippen LogP contribution < -0.4 is 0 Å². The summed E-state index contributed by atoms with van der Waals surface area (Å²) in [7, 11) is 0. The third-order valence-electron chi connectivity index (χ3n) is 8.45. The molecular weight excluding hydrogens is 530 g/mol. The lowest BCUT2D eigenvalue weighted by molar-refractivity contribution is 1.32. The normalized spacial score (nSPS) is 11.2. The van der Waals surface area contributed by atoms with Gasteiger partial charge in [0.25, 0.3) is 0 Å². The van der Waals surface area contributed by atoms with Gasteiger partial charge >= 0.3 is 0 Å². The molecule has 0 saturated heterocycles. The van der Waals surface area contributed by atoms with Crippen molar-refractivity contribution in [1.29, 1.82) is 0 Å². The Morgan fingerprint density at radius 3 is 1.20 bits per heavy atom.